The van der Waals surface area contributed by atoms with E-state index in [1.54, 1.807) is 13.0 Å². The lowest BCUT2D eigenvalue weighted by Crippen LogP contribution is -2.13. The minimum Gasteiger partial charge on any atom is -0.493 e. The molecule has 0 N–H and O–H groups in total. The summed E-state index contributed by atoms with van der Waals surface area (Å²) in [5, 5.41) is 0. The predicted molar refractivity (Wildman–Crippen MR) is 61.6 cm³/mol. The van der Waals surface area contributed by atoms with Gasteiger partial charge in [0.15, 0.2) is 6.29 Å². The maximum Gasteiger partial charge on any atom is 0.338 e. The summed E-state index contributed by atoms with van der Waals surface area (Å²) in [4.78, 5) is 22.6. The normalized spacial score (nSPS) is 13.5. The van der Waals surface area contributed by atoms with E-state index in [0.29, 0.717) is 36.4 Å². The van der Waals surface area contributed by atoms with E-state index in [4.69, 9.17) is 9.47 Å². The fraction of sp³-hybridized carbons (Fsp3) is 0.385. The van der Waals surface area contributed by atoms with E-state index in [1.807, 2.05) is 0 Å². The maximum absolute atomic E-state index is 11.6. The van der Waals surface area contributed by atoms with Crippen LogP contribution in [0.3, 0.4) is 0 Å². The second kappa shape index (κ2) is 4.99. The molecule has 4 heteroatoms. The first-order valence-electron chi connectivity index (χ1n) is 5.68. The molecule has 1 aromatic rings. The van der Waals surface area contributed by atoms with E-state index >= 15 is 0 Å². The number of carbonyl (C=O) groups is 2. The average molecular weight is 234 g/mol. The summed E-state index contributed by atoms with van der Waals surface area (Å²) in [6, 6.07) is 3.27. The third kappa shape index (κ3) is 2.30. The molecular weight excluding hydrogens is 220 g/mol. The molecule has 17 heavy (non-hydrogen) atoms. The number of aldehydes is 1. The lowest BCUT2D eigenvalue weighted by Gasteiger charge is -2.19. The van der Waals surface area contributed by atoms with Crippen molar-refractivity contribution in [2.24, 2.45) is 0 Å². The molecule has 4 nitrogen and oxygen atoms in total. The Balaban J connectivity index is 2.42. The van der Waals surface area contributed by atoms with Gasteiger partial charge in [0.1, 0.15) is 5.75 Å². The second-order valence-corrected chi connectivity index (χ2v) is 3.84. The molecule has 0 atom stereocenters. The van der Waals surface area contributed by atoms with Crippen molar-refractivity contribution >= 4 is 12.3 Å². The zero-order valence-corrected chi connectivity index (χ0v) is 9.69. The van der Waals surface area contributed by atoms with Crippen LogP contribution in [-0.4, -0.2) is 25.5 Å². The van der Waals surface area contributed by atoms with Crippen molar-refractivity contribution in [3.63, 3.8) is 0 Å². The van der Waals surface area contributed by atoms with Gasteiger partial charge in [0.2, 0.25) is 0 Å². The van der Waals surface area contributed by atoms with Crippen LogP contribution in [0, 0.1) is 0 Å². The van der Waals surface area contributed by atoms with E-state index in [2.05, 4.69) is 0 Å². The summed E-state index contributed by atoms with van der Waals surface area (Å²) in [7, 11) is 0. The number of ether oxygens (including phenoxy) is 2. The first-order chi connectivity index (χ1) is 8.26. The zero-order valence-electron chi connectivity index (χ0n) is 9.69. The van der Waals surface area contributed by atoms with Gasteiger partial charge in [-0.25, -0.2) is 4.79 Å². The van der Waals surface area contributed by atoms with Crippen molar-refractivity contribution in [3.8, 4) is 5.75 Å². The van der Waals surface area contributed by atoms with Crippen LogP contribution in [-0.2, 0) is 11.2 Å². The Morgan fingerprint density at radius 2 is 2.35 bits per heavy atom. The molecule has 1 aliphatic heterocycles. The highest BCUT2D eigenvalue weighted by atomic mass is 16.5. The minimum atomic E-state index is -0.399. The minimum absolute atomic E-state index is 0.322. The molecule has 0 aliphatic carbocycles. The quantitative estimate of drug-likeness (QED) is 0.593. The molecule has 0 radical (unpaired) electrons. The first-order valence-corrected chi connectivity index (χ1v) is 5.68. The van der Waals surface area contributed by atoms with Crippen LogP contribution in [0.5, 0.6) is 5.75 Å². The van der Waals surface area contributed by atoms with Gasteiger partial charge in [-0.2, -0.15) is 0 Å². The average Bonchev–Trinajstić information content (AvgIpc) is 2.37. The maximum atomic E-state index is 11.6. The Kier molecular flexibility index (Phi) is 3.42. The van der Waals surface area contributed by atoms with Gasteiger partial charge in [0.05, 0.1) is 24.3 Å². The summed E-state index contributed by atoms with van der Waals surface area (Å²) in [5.74, 6) is 0.211. The van der Waals surface area contributed by atoms with E-state index in [0.717, 1.165) is 18.4 Å². The Morgan fingerprint density at radius 3 is 3.06 bits per heavy atom. The highest BCUT2D eigenvalue weighted by Gasteiger charge is 2.18. The van der Waals surface area contributed by atoms with E-state index in [9.17, 15) is 9.59 Å². The van der Waals surface area contributed by atoms with Crippen LogP contribution in [0.2, 0.25) is 0 Å². The third-order valence-electron chi connectivity index (χ3n) is 2.67. The molecule has 1 aliphatic rings. The number of fused-ring (bicyclic) bond motifs is 1. The summed E-state index contributed by atoms with van der Waals surface area (Å²) in [5.41, 5.74) is 1.74. The number of benzene rings is 1. The van der Waals surface area contributed by atoms with Gasteiger partial charge in [-0.15, -0.1) is 0 Å². The molecule has 0 saturated carbocycles. The number of rotatable bonds is 3. The molecule has 0 fully saturated rings. The molecule has 2 rings (SSSR count). The molecule has 90 valence electrons. The number of carbonyl (C=O) groups excluding carboxylic acids is 2. The van der Waals surface area contributed by atoms with Crippen LogP contribution in [0.4, 0.5) is 0 Å². The fourth-order valence-electron chi connectivity index (χ4n) is 1.93. The molecule has 1 aromatic carbocycles. The fourth-order valence-corrected chi connectivity index (χ4v) is 1.93. The number of hydrogen-bond donors (Lipinski definition) is 0. The number of aryl methyl sites for hydroxylation is 1. The highest BCUT2D eigenvalue weighted by Crippen LogP contribution is 2.29. The van der Waals surface area contributed by atoms with Gasteiger partial charge in [-0.3, -0.25) is 4.79 Å². The Bertz CT molecular complexity index is 451. The lowest BCUT2D eigenvalue weighted by molar-refractivity contribution is 0.0526. The SMILES string of the molecule is CCOC(=O)c1cc(C=O)c2c(c1)CCCO2. The third-order valence-corrected chi connectivity index (χ3v) is 2.67. The van der Waals surface area contributed by atoms with Crippen molar-refractivity contribution in [2.45, 2.75) is 19.8 Å². The van der Waals surface area contributed by atoms with E-state index < -0.39 is 5.97 Å². The Hall–Kier alpha value is -1.84. The van der Waals surface area contributed by atoms with Crippen LogP contribution < -0.4 is 4.74 Å². The monoisotopic (exact) mass is 234 g/mol. The first kappa shape index (κ1) is 11.6. The molecule has 0 aromatic heterocycles. The number of hydrogen-bond acceptors (Lipinski definition) is 4. The standard InChI is InChI=1S/C13H14O4/c1-2-16-13(15)10-6-9-4-3-5-17-12(9)11(7-10)8-14/h6-8H,2-5H2,1H3. The van der Waals surface area contributed by atoms with Gasteiger partial charge in [0, 0.05) is 0 Å². The summed E-state index contributed by atoms with van der Waals surface area (Å²) >= 11 is 0. The van der Waals surface area contributed by atoms with Crippen LogP contribution in [0.1, 0.15) is 39.6 Å². The van der Waals surface area contributed by atoms with Gasteiger partial charge >= 0.3 is 5.97 Å². The molecule has 0 unspecified atom stereocenters. The van der Waals surface area contributed by atoms with Gasteiger partial charge in [-0.1, -0.05) is 0 Å². The Morgan fingerprint density at radius 1 is 1.53 bits per heavy atom. The summed E-state index contributed by atoms with van der Waals surface area (Å²) in [6.45, 7) is 2.69. The van der Waals surface area contributed by atoms with Crippen molar-refractivity contribution < 1.29 is 19.1 Å². The summed E-state index contributed by atoms with van der Waals surface area (Å²) in [6.07, 6.45) is 2.44. The van der Waals surface area contributed by atoms with Crippen LogP contribution in [0.15, 0.2) is 12.1 Å². The van der Waals surface area contributed by atoms with Crippen LogP contribution in [0.25, 0.3) is 0 Å². The smallest absolute Gasteiger partial charge is 0.338 e. The molecular formula is C13H14O4. The Labute approximate surface area is 99.5 Å². The molecule has 0 saturated heterocycles. The largest absolute Gasteiger partial charge is 0.493 e. The zero-order chi connectivity index (χ0) is 12.3. The van der Waals surface area contributed by atoms with Crippen molar-refractivity contribution in [2.75, 3.05) is 13.2 Å². The number of esters is 1. The van der Waals surface area contributed by atoms with Crippen molar-refractivity contribution in [1.82, 2.24) is 0 Å². The molecule has 1 heterocycles. The van der Waals surface area contributed by atoms with Crippen LogP contribution >= 0.6 is 0 Å². The van der Waals surface area contributed by atoms with Gasteiger partial charge in [-0.05, 0) is 37.5 Å². The van der Waals surface area contributed by atoms with Gasteiger partial charge < -0.3 is 9.47 Å². The van der Waals surface area contributed by atoms with E-state index in [1.165, 1.54) is 6.07 Å². The second-order valence-electron chi connectivity index (χ2n) is 3.84. The van der Waals surface area contributed by atoms with E-state index in [-0.39, 0.29) is 0 Å². The summed E-state index contributed by atoms with van der Waals surface area (Å²) < 4.78 is 10.4. The highest BCUT2D eigenvalue weighted by molar-refractivity contribution is 5.93. The topological polar surface area (TPSA) is 52.6 Å². The van der Waals surface area contributed by atoms with Crippen molar-refractivity contribution in [3.05, 3.63) is 28.8 Å². The predicted octanol–water partition coefficient (Wildman–Crippen LogP) is 2.00. The molecule has 0 amide bonds. The molecule has 0 spiro atoms. The van der Waals surface area contributed by atoms with Gasteiger partial charge in [0.25, 0.3) is 0 Å². The molecule has 0 bridgehead atoms. The lowest BCUT2D eigenvalue weighted by atomic mass is 9.99. The van der Waals surface area contributed by atoms with Crippen molar-refractivity contribution in [1.29, 1.82) is 0 Å².